The molecule has 1 saturated carbocycles. The van der Waals surface area contributed by atoms with Crippen LogP contribution < -0.4 is 5.32 Å². The van der Waals surface area contributed by atoms with Crippen molar-refractivity contribution in [2.75, 3.05) is 6.54 Å². The number of rotatable bonds is 5. The minimum Gasteiger partial charge on any atom is -0.466 e. The lowest BCUT2D eigenvalue weighted by molar-refractivity contribution is 0.205. The first-order valence-electron chi connectivity index (χ1n) is 7.18. The van der Waals surface area contributed by atoms with E-state index >= 15 is 0 Å². The molecule has 0 aromatic carbocycles. The first kappa shape index (κ1) is 14.1. The Hall–Kier alpha value is -0.280. The Bertz CT molecular complexity index is 363. The Morgan fingerprint density at radius 1 is 1.50 bits per heavy atom. The van der Waals surface area contributed by atoms with E-state index in [1.807, 2.05) is 6.07 Å². The van der Waals surface area contributed by atoms with Crippen LogP contribution in [0.4, 0.5) is 0 Å². The zero-order valence-corrected chi connectivity index (χ0v) is 13.0. The van der Waals surface area contributed by atoms with Crippen LogP contribution in [0.3, 0.4) is 0 Å². The third-order valence-electron chi connectivity index (χ3n) is 3.99. The lowest BCUT2D eigenvalue weighted by atomic mass is 9.78. The normalized spacial score (nSPS) is 26.2. The van der Waals surface area contributed by atoms with Gasteiger partial charge in [0.25, 0.3) is 0 Å². The molecule has 0 spiro atoms. The first-order chi connectivity index (χ1) is 8.72. The highest BCUT2D eigenvalue weighted by atomic mass is 79.9. The van der Waals surface area contributed by atoms with Gasteiger partial charge in [-0.05, 0) is 59.6 Å². The van der Waals surface area contributed by atoms with Crippen molar-refractivity contribution in [3.05, 3.63) is 22.6 Å². The maximum Gasteiger partial charge on any atom is 0.135 e. The first-order valence-corrected chi connectivity index (χ1v) is 7.98. The highest BCUT2D eigenvalue weighted by Crippen LogP contribution is 2.39. The summed E-state index contributed by atoms with van der Waals surface area (Å²) in [6.07, 6.45) is 8.32. The molecule has 3 heteroatoms. The molecule has 0 saturated heterocycles. The van der Waals surface area contributed by atoms with E-state index in [1.165, 1.54) is 25.7 Å². The second-order valence-electron chi connectivity index (χ2n) is 5.60. The van der Waals surface area contributed by atoms with Gasteiger partial charge in [0.05, 0.1) is 16.8 Å². The SMILES string of the molecule is CCCNC(c1occc1Br)C1CCCC(C)C1. The van der Waals surface area contributed by atoms with Gasteiger partial charge in [0.1, 0.15) is 5.76 Å². The van der Waals surface area contributed by atoms with E-state index in [2.05, 4.69) is 35.1 Å². The van der Waals surface area contributed by atoms with Crippen LogP contribution in [0.2, 0.25) is 0 Å². The van der Waals surface area contributed by atoms with Gasteiger partial charge in [-0.15, -0.1) is 0 Å². The number of furan rings is 1. The standard InChI is InChI=1S/C15H24BrNO/c1-3-8-17-14(15-13(16)7-9-18-15)12-6-4-5-11(2)10-12/h7,9,11-12,14,17H,3-6,8,10H2,1-2H3. The highest BCUT2D eigenvalue weighted by Gasteiger charge is 2.30. The molecule has 1 N–H and O–H groups in total. The van der Waals surface area contributed by atoms with Crippen LogP contribution in [0.1, 0.15) is 57.8 Å². The molecule has 1 aromatic heterocycles. The smallest absolute Gasteiger partial charge is 0.135 e. The lowest BCUT2D eigenvalue weighted by Gasteiger charge is -2.33. The van der Waals surface area contributed by atoms with E-state index in [9.17, 15) is 0 Å². The van der Waals surface area contributed by atoms with Crippen LogP contribution >= 0.6 is 15.9 Å². The van der Waals surface area contributed by atoms with Gasteiger partial charge in [0, 0.05) is 0 Å². The quantitative estimate of drug-likeness (QED) is 0.835. The molecular formula is C15H24BrNO. The summed E-state index contributed by atoms with van der Waals surface area (Å²) >= 11 is 3.61. The second-order valence-corrected chi connectivity index (χ2v) is 6.45. The molecule has 2 rings (SSSR count). The van der Waals surface area contributed by atoms with Crippen molar-refractivity contribution >= 4 is 15.9 Å². The molecule has 2 nitrogen and oxygen atoms in total. The van der Waals surface area contributed by atoms with Crippen LogP contribution in [0.15, 0.2) is 21.2 Å². The van der Waals surface area contributed by atoms with Gasteiger partial charge in [-0.25, -0.2) is 0 Å². The molecule has 1 aliphatic carbocycles. The number of nitrogens with one attached hydrogen (secondary N) is 1. The molecule has 1 heterocycles. The van der Waals surface area contributed by atoms with Crippen molar-refractivity contribution in [3.8, 4) is 0 Å². The Kier molecular flexibility index (Phi) is 5.31. The maximum atomic E-state index is 5.70. The summed E-state index contributed by atoms with van der Waals surface area (Å²) in [5.41, 5.74) is 0. The van der Waals surface area contributed by atoms with Crippen LogP contribution in [-0.2, 0) is 0 Å². The van der Waals surface area contributed by atoms with E-state index in [4.69, 9.17) is 4.42 Å². The summed E-state index contributed by atoms with van der Waals surface area (Å²) in [7, 11) is 0. The van der Waals surface area contributed by atoms with Crippen molar-refractivity contribution in [1.29, 1.82) is 0 Å². The van der Waals surface area contributed by atoms with Gasteiger partial charge in [-0.1, -0.05) is 26.7 Å². The molecule has 1 aromatic rings. The Morgan fingerprint density at radius 2 is 2.33 bits per heavy atom. The Labute approximate surface area is 119 Å². The van der Waals surface area contributed by atoms with Crippen LogP contribution in [0.5, 0.6) is 0 Å². The third kappa shape index (κ3) is 3.39. The minimum atomic E-state index is 0.372. The molecule has 0 aliphatic heterocycles. The fourth-order valence-corrected chi connectivity index (χ4v) is 3.53. The molecule has 0 bridgehead atoms. The van der Waals surface area contributed by atoms with Crippen molar-refractivity contribution in [1.82, 2.24) is 5.32 Å². The van der Waals surface area contributed by atoms with E-state index < -0.39 is 0 Å². The average molecular weight is 314 g/mol. The summed E-state index contributed by atoms with van der Waals surface area (Å²) < 4.78 is 6.81. The highest BCUT2D eigenvalue weighted by molar-refractivity contribution is 9.10. The predicted molar refractivity (Wildman–Crippen MR) is 78.6 cm³/mol. The third-order valence-corrected chi connectivity index (χ3v) is 4.64. The summed E-state index contributed by atoms with van der Waals surface area (Å²) in [6.45, 7) is 5.65. The van der Waals surface area contributed by atoms with Gasteiger partial charge < -0.3 is 9.73 Å². The molecule has 18 heavy (non-hydrogen) atoms. The van der Waals surface area contributed by atoms with E-state index in [-0.39, 0.29) is 0 Å². The summed E-state index contributed by atoms with van der Waals surface area (Å²) in [5, 5.41) is 3.68. The molecule has 0 amide bonds. The van der Waals surface area contributed by atoms with Crippen LogP contribution in [0.25, 0.3) is 0 Å². The van der Waals surface area contributed by atoms with E-state index in [0.717, 1.165) is 29.1 Å². The molecule has 1 fully saturated rings. The van der Waals surface area contributed by atoms with Crippen LogP contribution in [-0.4, -0.2) is 6.54 Å². The molecule has 3 unspecified atom stereocenters. The average Bonchev–Trinajstić information content (AvgIpc) is 2.77. The van der Waals surface area contributed by atoms with Crippen molar-refractivity contribution in [2.24, 2.45) is 11.8 Å². The van der Waals surface area contributed by atoms with Crippen LogP contribution in [0, 0.1) is 11.8 Å². The van der Waals surface area contributed by atoms with E-state index in [1.54, 1.807) is 6.26 Å². The number of hydrogen-bond donors (Lipinski definition) is 1. The number of hydrogen-bond acceptors (Lipinski definition) is 2. The molecule has 1 aliphatic rings. The Morgan fingerprint density at radius 3 is 2.94 bits per heavy atom. The number of halogens is 1. The second kappa shape index (κ2) is 6.76. The van der Waals surface area contributed by atoms with Gasteiger partial charge in [0.2, 0.25) is 0 Å². The fourth-order valence-electron chi connectivity index (χ4n) is 3.08. The summed E-state index contributed by atoms with van der Waals surface area (Å²) in [6, 6.07) is 2.37. The van der Waals surface area contributed by atoms with Gasteiger partial charge in [-0.2, -0.15) is 0 Å². The molecule has 3 atom stereocenters. The minimum absolute atomic E-state index is 0.372. The topological polar surface area (TPSA) is 25.2 Å². The predicted octanol–water partition coefficient (Wildman–Crippen LogP) is 4.91. The van der Waals surface area contributed by atoms with Crippen molar-refractivity contribution < 1.29 is 4.42 Å². The van der Waals surface area contributed by atoms with Gasteiger partial charge in [0.15, 0.2) is 0 Å². The summed E-state index contributed by atoms with van der Waals surface area (Å²) in [5.74, 6) is 2.65. The van der Waals surface area contributed by atoms with Crippen molar-refractivity contribution in [3.63, 3.8) is 0 Å². The monoisotopic (exact) mass is 313 g/mol. The molecular weight excluding hydrogens is 290 g/mol. The molecule has 102 valence electrons. The van der Waals surface area contributed by atoms with Crippen molar-refractivity contribution in [2.45, 2.75) is 52.0 Å². The maximum absolute atomic E-state index is 5.70. The molecule has 0 radical (unpaired) electrons. The largest absolute Gasteiger partial charge is 0.466 e. The van der Waals surface area contributed by atoms with Gasteiger partial charge >= 0.3 is 0 Å². The zero-order valence-electron chi connectivity index (χ0n) is 11.4. The van der Waals surface area contributed by atoms with Gasteiger partial charge in [-0.3, -0.25) is 0 Å². The summed E-state index contributed by atoms with van der Waals surface area (Å²) in [4.78, 5) is 0. The zero-order chi connectivity index (χ0) is 13.0. The fraction of sp³-hybridized carbons (Fsp3) is 0.733. The van der Waals surface area contributed by atoms with E-state index in [0.29, 0.717) is 12.0 Å². The lowest BCUT2D eigenvalue weighted by Crippen LogP contribution is -2.31. The Balaban J connectivity index is 2.11.